The summed E-state index contributed by atoms with van der Waals surface area (Å²) in [4.78, 5) is 16.9. The van der Waals surface area contributed by atoms with Crippen LogP contribution >= 0.6 is 0 Å². The van der Waals surface area contributed by atoms with Gasteiger partial charge in [0, 0.05) is 0 Å². The van der Waals surface area contributed by atoms with Gasteiger partial charge in [-0.05, 0) is 6.16 Å². The van der Waals surface area contributed by atoms with Crippen molar-refractivity contribution in [3.8, 4) is 0 Å². The number of carbonyl (C=O) groups is 2. The van der Waals surface area contributed by atoms with Crippen molar-refractivity contribution >= 4 is 12.3 Å². The Labute approximate surface area is 154 Å². The maximum Gasteiger partial charge on any atom is 1.00 e. The quantitative estimate of drug-likeness (QED) is 0.457. The third kappa shape index (κ3) is 184. The van der Waals surface area contributed by atoms with Gasteiger partial charge in [-0.2, -0.15) is 0 Å². The molecule has 0 rings (SSSR count). The zero-order valence-corrected chi connectivity index (χ0v) is 15.4. The fourth-order valence-corrected chi connectivity index (χ4v) is 0. The average molecular weight is 293 g/mol. The molecular formula is C2H2O6Rb2. The van der Waals surface area contributed by atoms with Crippen molar-refractivity contribution in [1.29, 1.82) is 0 Å². The molecule has 6 nitrogen and oxygen atoms in total. The van der Waals surface area contributed by atoms with Crippen LogP contribution in [0.1, 0.15) is 0 Å². The van der Waals surface area contributed by atoms with E-state index in [1.165, 1.54) is 0 Å². The van der Waals surface area contributed by atoms with Crippen molar-refractivity contribution in [2.75, 3.05) is 0 Å². The third-order valence-corrected chi connectivity index (χ3v) is 0. The van der Waals surface area contributed by atoms with Crippen LogP contribution in [-0.2, 0) is 0 Å². The number of hydrogen-bond acceptors (Lipinski definition) is 4. The van der Waals surface area contributed by atoms with Gasteiger partial charge in [-0.25, -0.2) is 4.79 Å². The minimum atomic E-state index is -2.33. The Morgan fingerprint density at radius 2 is 1.00 bits per heavy atom. The molecule has 0 aromatic heterocycles. The molecule has 8 heteroatoms. The molecule has 10 heavy (non-hydrogen) atoms. The van der Waals surface area contributed by atoms with E-state index in [0.29, 0.717) is 0 Å². The zero-order valence-electron chi connectivity index (χ0n) is 5.53. The molecule has 0 atom stereocenters. The molecule has 0 heterocycles. The Morgan fingerprint density at radius 1 is 1.00 bits per heavy atom. The van der Waals surface area contributed by atoms with Gasteiger partial charge in [0.1, 0.15) is 0 Å². The van der Waals surface area contributed by atoms with Crippen LogP contribution < -0.4 is 127 Å². The first-order chi connectivity index (χ1) is 3.46. The first-order valence-electron chi connectivity index (χ1n) is 1.26. The molecule has 2 N–H and O–H groups in total. The van der Waals surface area contributed by atoms with Crippen LogP contribution in [0.2, 0.25) is 0 Å². The number of rotatable bonds is 0. The minimum absolute atomic E-state index is 0. The Morgan fingerprint density at radius 3 is 1.00 bits per heavy atom. The minimum Gasteiger partial charge on any atom is -0.652 e. The molecule has 0 saturated heterocycles. The molecule has 0 aliphatic heterocycles. The second-order valence-electron chi connectivity index (χ2n) is 0.533. The molecule has 0 bridgehead atoms. The van der Waals surface area contributed by atoms with Crippen molar-refractivity contribution in [3.05, 3.63) is 0 Å². The van der Waals surface area contributed by atoms with Crippen molar-refractivity contribution in [2.45, 2.75) is 0 Å². The first kappa shape index (κ1) is 22.7. The van der Waals surface area contributed by atoms with Gasteiger partial charge in [0.15, 0.2) is 0 Å². The largest absolute Gasteiger partial charge is 1.00 e. The van der Waals surface area contributed by atoms with E-state index in [-0.39, 0.29) is 116 Å². The average Bonchev–Trinajstić information content (AvgIpc) is 1.25. The maximum absolute atomic E-state index is 8.56. The molecule has 0 saturated carbocycles. The molecule has 0 unspecified atom stereocenters. The predicted octanol–water partition coefficient (Wildman–Crippen LogP) is -8.22. The van der Waals surface area contributed by atoms with Gasteiger partial charge in [-0.1, -0.05) is 0 Å². The molecule has 0 aliphatic carbocycles. The van der Waals surface area contributed by atoms with E-state index >= 15 is 0 Å². The van der Waals surface area contributed by atoms with Crippen molar-refractivity contribution in [2.24, 2.45) is 0 Å². The van der Waals surface area contributed by atoms with E-state index in [4.69, 9.17) is 30.0 Å². The van der Waals surface area contributed by atoms with Crippen LogP contribution in [0.4, 0.5) is 9.59 Å². The van der Waals surface area contributed by atoms with Crippen LogP contribution in [0.5, 0.6) is 0 Å². The van der Waals surface area contributed by atoms with Crippen molar-refractivity contribution in [1.82, 2.24) is 0 Å². The molecular weight excluding hydrogens is 291 g/mol. The summed E-state index contributed by atoms with van der Waals surface area (Å²) in [5.41, 5.74) is 0. The normalized spacial score (nSPS) is 4.80. The Bertz CT molecular complexity index is 71.7. The second-order valence-corrected chi connectivity index (χ2v) is 0.533. The van der Waals surface area contributed by atoms with Crippen LogP contribution in [0, 0.1) is 0 Å². The van der Waals surface area contributed by atoms with Gasteiger partial charge < -0.3 is 25.2 Å². The van der Waals surface area contributed by atoms with Gasteiger partial charge in [0.25, 0.3) is 0 Å². The van der Waals surface area contributed by atoms with E-state index < -0.39 is 12.3 Å². The monoisotopic (exact) mass is 292 g/mol. The molecule has 0 radical (unpaired) electrons. The summed E-state index contributed by atoms with van der Waals surface area (Å²) in [5.74, 6) is 0. The predicted molar refractivity (Wildman–Crippen MR) is 16.0 cm³/mol. The molecule has 0 aromatic rings. The smallest absolute Gasteiger partial charge is 0.652 e. The van der Waals surface area contributed by atoms with Gasteiger partial charge in [-0.3, -0.25) is 0 Å². The van der Waals surface area contributed by atoms with E-state index in [1.807, 2.05) is 0 Å². The van der Waals surface area contributed by atoms with Gasteiger partial charge in [-0.15, -0.1) is 0 Å². The van der Waals surface area contributed by atoms with Crippen LogP contribution in [-0.4, -0.2) is 22.5 Å². The summed E-state index contributed by atoms with van der Waals surface area (Å²) in [5, 5.41) is 30.6. The Kier molecular flexibility index (Phi) is 39.3. The Balaban J connectivity index is -0.0000000300. The number of carboxylic acid groups (broad SMARTS) is 4. The van der Waals surface area contributed by atoms with Gasteiger partial charge in [0.2, 0.25) is 0 Å². The SMILES string of the molecule is O=C(O)O.O=C([O-])[O-].[Rb+].[Rb+]. The fraction of sp³-hybridized carbons (Fsp3) is 0. The number of hydrogen-bond donors (Lipinski definition) is 2. The van der Waals surface area contributed by atoms with Crippen LogP contribution in [0.25, 0.3) is 0 Å². The maximum atomic E-state index is 8.56. The van der Waals surface area contributed by atoms with Crippen LogP contribution in [0.3, 0.4) is 0 Å². The van der Waals surface area contributed by atoms with Gasteiger partial charge >= 0.3 is 123 Å². The van der Waals surface area contributed by atoms with E-state index in [0.717, 1.165) is 0 Å². The zero-order chi connectivity index (χ0) is 7.15. The van der Waals surface area contributed by atoms with Crippen LogP contribution in [0.15, 0.2) is 0 Å². The Hall–Kier alpha value is 2.15. The van der Waals surface area contributed by atoms with Gasteiger partial charge in [0.05, 0.1) is 0 Å². The van der Waals surface area contributed by atoms with E-state index in [2.05, 4.69) is 0 Å². The third-order valence-electron chi connectivity index (χ3n) is 0. The van der Waals surface area contributed by atoms with E-state index in [9.17, 15) is 0 Å². The summed E-state index contributed by atoms with van der Waals surface area (Å²) in [6.07, 6.45) is -4.17. The first-order valence-corrected chi connectivity index (χ1v) is 1.26. The van der Waals surface area contributed by atoms with E-state index in [1.54, 1.807) is 0 Å². The fourth-order valence-electron chi connectivity index (χ4n) is 0. The van der Waals surface area contributed by atoms with Crippen molar-refractivity contribution < 1.29 is 146 Å². The standard InChI is InChI=1S/2CH2O3.2Rb/c2*2-1(3)4;;/h2*(H2,2,3,4);;/q;;2*+1/p-2. The summed E-state index contributed by atoms with van der Waals surface area (Å²) in [6.45, 7) is 0. The molecule has 0 amide bonds. The number of carbonyl (C=O) groups excluding carboxylic acids is 1. The topological polar surface area (TPSA) is 121 Å². The summed E-state index contributed by atoms with van der Waals surface area (Å²) < 4.78 is 0. The molecule has 0 aromatic carbocycles. The second kappa shape index (κ2) is 17.3. The summed E-state index contributed by atoms with van der Waals surface area (Å²) in [7, 11) is 0. The molecule has 0 spiro atoms. The summed E-state index contributed by atoms with van der Waals surface area (Å²) >= 11 is 0. The summed E-state index contributed by atoms with van der Waals surface area (Å²) in [6, 6.07) is 0. The molecule has 0 fully saturated rings. The van der Waals surface area contributed by atoms with Crippen molar-refractivity contribution in [3.63, 3.8) is 0 Å². The molecule has 48 valence electrons. The molecule has 0 aliphatic rings.